The first-order valence-electron chi connectivity index (χ1n) is 8.31. The predicted molar refractivity (Wildman–Crippen MR) is 95.4 cm³/mol. The summed E-state index contributed by atoms with van der Waals surface area (Å²) in [6.45, 7) is 8.32. The smallest absolute Gasteiger partial charge is 0.254 e. The number of hydrogen-bond donors (Lipinski definition) is 0. The maximum Gasteiger partial charge on any atom is 0.254 e. The van der Waals surface area contributed by atoms with Gasteiger partial charge in [-0.05, 0) is 32.0 Å². The van der Waals surface area contributed by atoms with E-state index in [0.717, 1.165) is 33.9 Å². The molecule has 0 spiro atoms. The van der Waals surface area contributed by atoms with Crippen LogP contribution in [0, 0.1) is 13.8 Å². The van der Waals surface area contributed by atoms with Crippen molar-refractivity contribution >= 4 is 16.9 Å². The Bertz CT molecular complexity index is 930. The van der Waals surface area contributed by atoms with Crippen LogP contribution in [0.15, 0.2) is 28.8 Å². The molecule has 3 rings (SSSR count). The number of amides is 1. The van der Waals surface area contributed by atoms with Crippen LogP contribution in [0.25, 0.3) is 11.0 Å². The molecule has 0 fully saturated rings. The third-order valence-corrected chi connectivity index (χ3v) is 4.21. The summed E-state index contributed by atoms with van der Waals surface area (Å²) in [7, 11) is 1.75. The molecule has 0 radical (unpaired) electrons. The number of carbonyl (C=O) groups excluding carboxylic acids is 1. The highest BCUT2D eigenvalue weighted by molar-refractivity contribution is 5.97. The summed E-state index contributed by atoms with van der Waals surface area (Å²) in [6, 6.07) is 7.30. The van der Waals surface area contributed by atoms with E-state index in [2.05, 4.69) is 15.1 Å². The van der Waals surface area contributed by atoms with E-state index in [0.29, 0.717) is 12.1 Å². The molecule has 3 aromatic rings. The zero-order valence-corrected chi connectivity index (χ0v) is 15.2. The molecule has 1 amide bonds. The summed E-state index contributed by atoms with van der Waals surface area (Å²) in [4.78, 5) is 23.3. The van der Waals surface area contributed by atoms with E-state index < -0.39 is 0 Å². The van der Waals surface area contributed by atoms with Gasteiger partial charge in [-0.15, -0.1) is 0 Å². The maximum absolute atomic E-state index is 12.7. The second-order valence-electron chi connectivity index (χ2n) is 6.63. The van der Waals surface area contributed by atoms with Crippen molar-refractivity contribution in [1.82, 2.24) is 20.0 Å². The van der Waals surface area contributed by atoms with Gasteiger partial charge in [0.15, 0.2) is 0 Å². The molecular weight excluding hydrogens is 316 g/mol. The fourth-order valence-corrected chi connectivity index (χ4v) is 2.57. The normalized spacial score (nSPS) is 11.3. The molecule has 25 heavy (non-hydrogen) atoms. The van der Waals surface area contributed by atoms with Gasteiger partial charge in [-0.1, -0.05) is 19.0 Å². The highest BCUT2D eigenvalue weighted by atomic mass is 16.5. The molecule has 0 aliphatic heterocycles. The van der Waals surface area contributed by atoms with Gasteiger partial charge in [-0.2, -0.15) is 0 Å². The number of fused-ring (bicyclic) bond motifs is 1. The van der Waals surface area contributed by atoms with Crippen LogP contribution in [0.3, 0.4) is 0 Å². The number of hydrogen-bond acceptors (Lipinski definition) is 5. The van der Waals surface area contributed by atoms with E-state index >= 15 is 0 Å². The average molecular weight is 338 g/mol. The van der Waals surface area contributed by atoms with E-state index in [1.165, 1.54) is 0 Å². The van der Waals surface area contributed by atoms with Crippen molar-refractivity contribution in [2.45, 2.75) is 40.2 Å². The molecule has 130 valence electrons. The molecule has 6 heteroatoms. The highest BCUT2D eigenvalue weighted by Crippen LogP contribution is 2.18. The van der Waals surface area contributed by atoms with Gasteiger partial charge in [0.1, 0.15) is 11.5 Å². The molecule has 0 N–H and O–H groups in total. The number of benzene rings is 1. The van der Waals surface area contributed by atoms with Gasteiger partial charge in [0.05, 0.1) is 29.0 Å². The van der Waals surface area contributed by atoms with Crippen LogP contribution in [0.5, 0.6) is 0 Å². The summed E-state index contributed by atoms with van der Waals surface area (Å²) < 4.78 is 5.29. The average Bonchev–Trinajstić information content (AvgIpc) is 3.03. The van der Waals surface area contributed by atoms with Gasteiger partial charge in [0.25, 0.3) is 5.91 Å². The lowest BCUT2D eigenvalue weighted by Crippen LogP contribution is -2.26. The zero-order valence-electron chi connectivity index (χ0n) is 15.2. The van der Waals surface area contributed by atoms with E-state index in [1.54, 1.807) is 24.1 Å². The third kappa shape index (κ3) is 3.52. The molecule has 0 bridgehead atoms. The number of aromatic nitrogens is 3. The number of nitrogens with zero attached hydrogens (tertiary/aromatic N) is 4. The van der Waals surface area contributed by atoms with E-state index in [4.69, 9.17) is 4.52 Å². The van der Waals surface area contributed by atoms with E-state index in [1.807, 2.05) is 39.8 Å². The van der Waals surface area contributed by atoms with Gasteiger partial charge < -0.3 is 9.42 Å². The van der Waals surface area contributed by atoms with E-state index in [-0.39, 0.29) is 11.8 Å². The lowest BCUT2D eigenvalue weighted by Gasteiger charge is -2.16. The summed E-state index contributed by atoms with van der Waals surface area (Å²) >= 11 is 0. The largest absolute Gasteiger partial charge is 0.361 e. The van der Waals surface area contributed by atoms with Crippen molar-refractivity contribution in [3.63, 3.8) is 0 Å². The van der Waals surface area contributed by atoms with Crippen LogP contribution in [0.2, 0.25) is 0 Å². The second kappa shape index (κ2) is 6.63. The monoisotopic (exact) mass is 338 g/mol. The van der Waals surface area contributed by atoms with Gasteiger partial charge in [0.2, 0.25) is 0 Å². The predicted octanol–water partition coefficient (Wildman–Crippen LogP) is 3.63. The van der Waals surface area contributed by atoms with Crippen molar-refractivity contribution in [3.8, 4) is 0 Å². The van der Waals surface area contributed by atoms with Gasteiger partial charge in [0, 0.05) is 24.6 Å². The molecule has 0 saturated heterocycles. The Balaban J connectivity index is 1.81. The molecule has 0 aliphatic rings. The first-order chi connectivity index (χ1) is 11.8. The summed E-state index contributed by atoms with van der Waals surface area (Å²) in [5.74, 6) is 1.01. The molecule has 0 aliphatic carbocycles. The Morgan fingerprint density at radius 2 is 1.80 bits per heavy atom. The molecule has 0 unspecified atom stereocenters. The molecule has 1 aromatic carbocycles. The van der Waals surface area contributed by atoms with Crippen LogP contribution in [0.1, 0.15) is 53.0 Å². The zero-order chi connectivity index (χ0) is 18.1. The van der Waals surface area contributed by atoms with Crippen LogP contribution >= 0.6 is 0 Å². The van der Waals surface area contributed by atoms with Crippen LogP contribution in [0.4, 0.5) is 0 Å². The number of aryl methyl sites for hydroxylation is 2. The van der Waals surface area contributed by atoms with Crippen LogP contribution < -0.4 is 0 Å². The van der Waals surface area contributed by atoms with Crippen molar-refractivity contribution in [3.05, 3.63) is 52.7 Å². The number of carbonyl (C=O) groups is 1. The van der Waals surface area contributed by atoms with Gasteiger partial charge in [-0.3, -0.25) is 4.79 Å². The molecule has 0 atom stereocenters. The third-order valence-electron chi connectivity index (χ3n) is 4.21. The fraction of sp³-hybridized carbons (Fsp3) is 0.368. The standard InChI is InChI=1S/C19H22N4O2/c1-11(2)18-9-15(22-25-18)10-23(5)19(24)14-6-7-16-17(8-14)21-13(4)12(3)20-16/h6-9,11H,10H2,1-5H3. The number of rotatable bonds is 4. The molecule has 6 nitrogen and oxygen atoms in total. The minimum atomic E-state index is -0.0870. The van der Waals surface area contributed by atoms with Gasteiger partial charge >= 0.3 is 0 Å². The van der Waals surface area contributed by atoms with E-state index in [9.17, 15) is 4.79 Å². The topological polar surface area (TPSA) is 72.1 Å². The molecule has 0 saturated carbocycles. The van der Waals surface area contributed by atoms with Gasteiger partial charge in [-0.25, -0.2) is 9.97 Å². The van der Waals surface area contributed by atoms with Crippen molar-refractivity contribution in [2.24, 2.45) is 0 Å². The highest BCUT2D eigenvalue weighted by Gasteiger charge is 2.16. The van der Waals surface area contributed by atoms with Crippen LogP contribution in [-0.2, 0) is 6.54 Å². The molecular formula is C19H22N4O2. The quantitative estimate of drug-likeness (QED) is 0.726. The first kappa shape index (κ1) is 17.1. The van der Waals surface area contributed by atoms with Crippen molar-refractivity contribution < 1.29 is 9.32 Å². The lowest BCUT2D eigenvalue weighted by molar-refractivity contribution is 0.0782. The lowest BCUT2D eigenvalue weighted by atomic mass is 10.1. The van der Waals surface area contributed by atoms with Crippen molar-refractivity contribution in [2.75, 3.05) is 7.05 Å². The summed E-state index contributed by atoms with van der Waals surface area (Å²) in [5.41, 5.74) is 4.61. The maximum atomic E-state index is 12.7. The Hall–Kier alpha value is -2.76. The fourth-order valence-electron chi connectivity index (χ4n) is 2.57. The Kier molecular flexibility index (Phi) is 4.53. The Morgan fingerprint density at radius 3 is 2.44 bits per heavy atom. The Morgan fingerprint density at radius 1 is 1.12 bits per heavy atom. The SMILES string of the molecule is Cc1nc2ccc(C(=O)N(C)Cc3cc(C(C)C)on3)cc2nc1C. The summed E-state index contributed by atoms with van der Waals surface area (Å²) in [6.07, 6.45) is 0. The molecule has 2 aromatic heterocycles. The first-order valence-corrected chi connectivity index (χ1v) is 8.31. The van der Waals surface area contributed by atoms with Crippen LogP contribution in [-0.4, -0.2) is 33.0 Å². The minimum absolute atomic E-state index is 0.0870. The van der Waals surface area contributed by atoms with Crippen molar-refractivity contribution in [1.29, 1.82) is 0 Å². The Labute approximate surface area is 146 Å². The minimum Gasteiger partial charge on any atom is -0.361 e. The second-order valence-corrected chi connectivity index (χ2v) is 6.63. The summed E-state index contributed by atoms with van der Waals surface area (Å²) in [5, 5.41) is 4.03. The molecule has 2 heterocycles.